The lowest BCUT2D eigenvalue weighted by atomic mass is 9.75. The van der Waals surface area contributed by atoms with E-state index in [2.05, 4.69) is 13.0 Å². The maximum absolute atomic E-state index is 15.2. The van der Waals surface area contributed by atoms with Crippen molar-refractivity contribution in [1.82, 2.24) is 0 Å². The van der Waals surface area contributed by atoms with Crippen LogP contribution in [-0.4, -0.2) is 6.61 Å². The van der Waals surface area contributed by atoms with E-state index in [1.165, 1.54) is 12.8 Å². The molecule has 1 unspecified atom stereocenters. The molecule has 1 heterocycles. The minimum atomic E-state index is -0.626. The first-order valence-corrected chi connectivity index (χ1v) is 13.6. The summed E-state index contributed by atoms with van der Waals surface area (Å²) in [5.41, 5.74) is 2.60. The zero-order valence-corrected chi connectivity index (χ0v) is 20.7. The summed E-state index contributed by atoms with van der Waals surface area (Å²) < 4.78 is 49.9. The smallest absolute Gasteiger partial charge is 0.162 e. The Hall–Kier alpha value is -2.07. The molecule has 4 heteroatoms. The standard InChI is InChI=1S/C31H37F3O/c1-2-3-20-4-9-22(10-5-20)26-16-17-27(31(34)30(26)33)23-11-6-21(7-12-23)8-13-24-14-15-25(18-28(24)32)29-19-35-29/h8,13-18,20-23,29H,2-7,9-12,19H2,1H3/b13-8+. The van der Waals surface area contributed by atoms with Gasteiger partial charge in [-0.3, -0.25) is 0 Å². The average Bonchev–Trinajstić information content (AvgIpc) is 3.72. The molecule has 1 saturated heterocycles. The number of rotatable bonds is 7. The third-order valence-electron chi connectivity index (χ3n) is 8.61. The lowest BCUT2D eigenvalue weighted by Crippen LogP contribution is -2.17. The van der Waals surface area contributed by atoms with Gasteiger partial charge >= 0.3 is 0 Å². The van der Waals surface area contributed by atoms with E-state index < -0.39 is 11.6 Å². The van der Waals surface area contributed by atoms with Crippen molar-refractivity contribution in [3.8, 4) is 0 Å². The van der Waals surface area contributed by atoms with Crippen LogP contribution in [0.2, 0.25) is 0 Å². The summed E-state index contributed by atoms with van der Waals surface area (Å²) in [5.74, 6) is -0.169. The number of epoxide rings is 1. The molecule has 1 atom stereocenters. The fraction of sp³-hybridized carbons (Fsp3) is 0.548. The van der Waals surface area contributed by atoms with Gasteiger partial charge in [-0.2, -0.15) is 0 Å². The predicted molar refractivity (Wildman–Crippen MR) is 135 cm³/mol. The minimum absolute atomic E-state index is 0.0536. The van der Waals surface area contributed by atoms with Gasteiger partial charge in [0, 0.05) is 5.56 Å². The molecule has 2 saturated carbocycles. The molecule has 0 aromatic heterocycles. The first-order valence-electron chi connectivity index (χ1n) is 13.6. The van der Waals surface area contributed by atoms with Crippen molar-refractivity contribution >= 4 is 6.08 Å². The van der Waals surface area contributed by atoms with Crippen LogP contribution in [0.3, 0.4) is 0 Å². The summed E-state index contributed by atoms with van der Waals surface area (Å²) in [5, 5.41) is 0. The Morgan fingerprint density at radius 3 is 1.97 bits per heavy atom. The highest BCUT2D eigenvalue weighted by Gasteiger charge is 2.29. The van der Waals surface area contributed by atoms with Gasteiger partial charge in [-0.05, 0) is 97.8 Å². The summed E-state index contributed by atoms with van der Waals surface area (Å²) in [4.78, 5) is 0. The van der Waals surface area contributed by atoms with E-state index in [1.807, 2.05) is 30.3 Å². The van der Waals surface area contributed by atoms with Crippen molar-refractivity contribution in [3.63, 3.8) is 0 Å². The van der Waals surface area contributed by atoms with Crippen LogP contribution in [0, 0.1) is 29.3 Å². The molecular formula is C31H37F3O. The van der Waals surface area contributed by atoms with Crippen LogP contribution in [0.5, 0.6) is 0 Å². The lowest BCUT2D eigenvalue weighted by molar-refractivity contribution is 0.302. The number of hydrogen-bond acceptors (Lipinski definition) is 1. The van der Waals surface area contributed by atoms with Gasteiger partial charge in [0.25, 0.3) is 0 Å². The SMILES string of the molecule is CCCC1CCC(c2ccc(C3CCC(/C=C/c4ccc(C5CO5)cc4F)CC3)c(F)c2F)CC1. The molecule has 2 aromatic carbocycles. The molecule has 1 nitrogen and oxygen atoms in total. The average molecular weight is 483 g/mol. The first kappa shape index (κ1) is 24.6. The minimum Gasteiger partial charge on any atom is -0.368 e. The molecule has 35 heavy (non-hydrogen) atoms. The molecule has 3 fully saturated rings. The van der Waals surface area contributed by atoms with Crippen LogP contribution in [-0.2, 0) is 4.74 Å². The van der Waals surface area contributed by atoms with Gasteiger partial charge in [0.1, 0.15) is 11.9 Å². The number of halogens is 3. The lowest BCUT2D eigenvalue weighted by Gasteiger charge is -2.30. The molecule has 1 aliphatic heterocycles. The van der Waals surface area contributed by atoms with E-state index in [0.717, 1.165) is 62.8 Å². The fourth-order valence-corrected chi connectivity index (χ4v) is 6.36. The molecule has 0 radical (unpaired) electrons. The van der Waals surface area contributed by atoms with Crippen LogP contribution in [0.25, 0.3) is 6.08 Å². The van der Waals surface area contributed by atoms with Crippen LogP contribution < -0.4 is 0 Å². The maximum atomic E-state index is 15.2. The second kappa shape index (κ2) is 10.9. The van der Waals surface area contributed by atoms with Crippen molar-refractivity contribution in [2.45, 2.75) is 89.1 Å². The van der Waals surface area contributed by atoms with Crippen LogP contribution in [0.15, 0.2) is 36.4 Å². The Morgan fingerprint density at radius 1 is 0.829 bits per heavy atom. The van der Waals surface area contributed by atoms with Crippen LogP contribution in [0.1, 0.15) is 111 Å². The van der Waals surface area contributed by atoms with E-state index >= 15 is 8.78 Å². The molecule has 3 aliphatic rings. The van der Waals surface area contributed by atoms with Crippen molar-refractivity contribution in [3.05, 3.63) is 76.1 Å². The van der Waals surface area contributed by atoms with Gasteiger partial charge in [0.15, 0.2) is 11.6 Å². The molecule has 188 valence electrons. The normalized spacial score (nSPS) is 29.0. The zero-order valence-electron chi connectivity index (χ0n) is 20.7. The Bertz CT molecular complexity index is 1040. The Labute approximate surface area is 207 Å². The van der Waals surface area contributed by atoms with Gasteiger partial charge in [0.2, 0.25) is 0 Å². The second-order valence-electron chi connectivity index (χ2n) is 11.0. The van der Waals surface area contributed by atoms with Crippen molar-refractivity contribution in [2.75, 3.05) is 6.61 Å². The fourth-order valence-electron chi connectivity index (χ4n) is 6.36. The monoisotopic (exact) mass is 482 g/mol. The first-order chi connectivity index (χ1) is 17.0. The van der Waals surface area contributed by atoms with Crippen LogP contribution >= 0.6 is 0 Å². The largest absolute Gasteiger partial charge is 0.368 e. The number of benzene rings is 2. The maximum Gasteiger partial charge on any atom is 0.162 e. The molecule has 0 N–H and O–H groups in total. The third kappa shape index (κ3) is 5.69. The Morgan fingerprint density at radius 2 is 1.43 bits per heavy atom. The van der Waals surface area contributed by atoms with Gasteiger partial charge in [0.05, 0.1) is 6.61 Å². The van der Waals surface area contributed by atoms with Gasteiger partial charge < -0.3 is 4.74 Å². The highest BCUT2D eigenvalue weighted by Crippen LogP contribution is 2.42. The number of allylic oxidation sites excluding steroid dienone is 1. The number of ether oxygens (including phenoxy) is 1. The molecule has 0 amide bonds. The van der Waals surface area contributed by atoms with Crippen LogP contribution in [0.4, 0.5) is 13.2 Å². The predicted octanol–water partition coefficient (Wildman–Crippen LogP) is 9.24. The number of hydrogen-bond donors (Lipinski definition) is 0. The molecular weight excluding hydrogens is 445 g/mol. The van der Waals surface area contributed by atoms with Crippen molar-refractivity contribution in [2.24, 2.45) is 11.8 Å². The van der Waals surface area contributed by atoms with Gasteiger partial charge in [-0.15, -0.1) is 0 Å². The molecule has 2 aliphatic carbocycles. The highest BCUT2D eigenvalue weighted by molar-refractivity contribution is 5.51. The van der Waals surface area contributed by atoms with E-state index in [-0.39, 0.29) is 23.8 Å². The third-order valence-corrected chi connectivity index (χ3v) is 8.61. The summed E-state index contributed by atoms with van der Waals surface area (Å²) in [6, 6.07) is 9.02. The van der Waals surface area contributed by atoms with Crippen molar-refractivity contribution < 1.29 is 17.9 Å². The summed E-state index contributed by atoms with van der Waals surface area (Å²) >= 11 is 0. The Kier molecular flexibility index (Phi) is 7.67. The van der Waals surface area contributed by atoms with E-state index in [1.54, 1.807) is 6.07 Å². The zero-order chi connectivity index (χ0) is 24.4. The molecule has 2 aromatic rings. The highest BCUT2D eigenvalue weighted by atomic mass is 19.2. The van der Waals surface area contributed by atoms with E-state index in [0.29, 0.717) is 29.2 Å². The summed E-state index contributed by atoms with van der Waals surface area (Å²) in [7, 11) is 0. The molecule has 5 rings (SSSR count). The summed E-state index contributed by atoms with van der Waals surface area (Å²) in [6.07, 6.45) is 14.1. The van der Waals surface area contributed by atoms with E-state index in [9.17, 15) is 4.39 Å². The molecule has 0 spiro atoms. The van der Waals surface area contributed by atoms with Crippen molar-refractivity contribution in [1.29, 1.82) is 0 Å². The molecule has 0 bridgehead atoms. The topological polar surface area (TPSA) is 12.5 Å². The second-order valence-corrected chi connectivity index (χ2v) is 11.0. The summed E-state index contributed by atoms with van der Waals surface area (Å²) in [6.45, 7) is 2.89. The van der Waals surface area contributed by atoms with E-state index in [4.69, 9.17) is 4.74 Å². The quantitative estimate of drug-likeness (QED) is 0.358. The Balaban J connectivity index is 1.18. The van der Waals surface area contributed by atoms with Gasteiger partial charge in [-0.25, -0.2) is 13.2 Å². The van der Waals surface area contributed by atoms with Gasteiger partial charge in [-0.1, -0.05) is 56.2 Å².